The van der Waals surface area contributed by atoms with Crippen molar-refractivity contribution in [3.63, 3.8) is 0 Å². The average Bonchev–Trinajstić information content (AvgIpc) is 3.11. The molecule has 0 aliphatic heterocycles. The summed E-state index contributed by atoms with van der Waals surface area (Å²) in [7, 11) is 0. The fraction of sp³-hybridized carbons (Fsp3) is 0.0500. The van der Waals surface area contributed by atoms with Gasteiger partial charge in [0.15, 0.2) is 5.09 Å². The van der Waals surface area contributed by atoms with Crippen LogP contribution in [-0.2, 0) is 0 Å². The first-order valence-corrected chi connectivity index (χ1v) is 10.2. The summed E-state index contributed by atoms with van der Waals surface area (Å²) in [5.74, 6) is 1.04. The van der Waals surface area contributed by atoms with Crippen molar-refractivity contribution < 1.29 is 4.42 Å². The molecule has 2 heterocycles. The second-order valence-electron chi connectivity index (χ2n) is 5.89. The molecular formula is C20H13BrClN3O2S. The summed E-state index contributed by atoms with van der Waals surface area (Å²) >= 11 is 10.8. The molecule has 4 rings (SSSR count). The molecule has 4 aromatic rings. The van der Waals surface area contributed by atoms with E-state index in [1.165, 1.54) is 22.7 Å². The molecule has 0 saturated carbocycles. The van der Waals surface area contributed by atoms with Gasteiger partial charge in [0.25, 0.3) is 5.56 Å². The maximum atomic E-state index is 12.7. The van der Waals surface area contributed by atoms with Gasteiger partial charge >= 0.3 is 0 Å². The lowest BCUT2D eigenvalue weighted by molar-refractivity contribution is 0.468. The molecule has 140 valence electrons. The fourth-order valence-corrected chi connectivity index (χ4v) is 3.85. The number of furan rings is 1. The van der Waals surface area contributed by atoms with Gasteiger partial charge in [-0.2, -0.15) is 9.78 Å². The smallest absolute Gasteiger partial charge is 0.282 e. The second kappa shape index (κ2) is 7.95. The molecule has 0 aliphatic rings. The molecule has 8 heteroatoms. The summed E-state index contributed by atoms with van der Waals surface area (Å²) in [4.78, 5) is 18.2. The normalized spacial score (nSPS) is 11.5. The van der Waals surface area contributed by atoms with Gasteiger partial charge in [0.2, 0.25) is 0 Å². The summed E-state index contributed by atoms with van der Waals surface area (Å²) in [5.41, 5.74) is 0.402. The summed E-state index contributed by atoms with van der Waals surface area (Å²) in [6.45, 7) is 1.74. The van der Waals surface area contributed by atoms with E-state index in [2.05, 4.69) is 26.0 Å². The van der Waals surface area contributed by atoms with Crippen molar-refractivity contribution in [1.82, 2.24) is 9.66 Å². The molecule has 0 spiro atoms. The van der Waals surface area contributed by atoms with Crippen molar-refractivity contribution in [3.05, 3.63) is 86.0 Å². The van der Waals surface area contributed by atoms with Gasteiger partial charge in [-0.15, -0.1) is 0 Å². The molecule has 0 radical (unpaired) electrons. The number of halogens is 2. The van der Waals surface area contributed by atoms with Gasteiger partial charge in [0, 0.05) is 14.4 Å². The van der Waals surface area contributed by atoms with Crippen LogP contribution in [0.3, 0.4) is 0 Å². The van der Waals surface area contributed by atoms with E-state index in [0.717, 1.165) is 9.37 Å². The van der Waals surface area contributed by atoms with Crippen LogP contribution >= 0.6 is 39.3 Å². The van der Waals surface area contributed by atoms with Crippen LogP contribution < -0.4 is 5.56 Å². The quantitative estimate of drug-likeness (QED) is 0.354. The highest BCUT2D eigenvalue weighted by molar-refractivity contribution is 9.10. The first-order valence-electron chi connectivity index (χ1n) is 8.26. The van der Waals surface area contributed by atoms with Gasteiger partial charge < -0.3 is 4.42 Å². The zero-order valence-corrected chi connectivity index (χ0v) is 17.8. The molecule has 5 nitrogen and oxygen atoms in total. The highest BCUT2D eigenvalue weighted by atomic mass is 79.9. The van der Waals surface area contributed by atoms with Crippen LogP contribution in [0.4, 0.5) is 0 Å². The lowest BCUT2D eigenvalue weighted by atomic mass is 10.2. The van der Waals surface area contributed by atoms with Gasteiger partial charge in [-0.25, -0.2) is 4.98 Å². The maximum Gasteiger partial charge on any atom is 0.282 e. The van der Waals surface area contributed by atoms with E-state index in [1.807, 2.05) is 36.4 Å². The van der Waals surface area contributed by atoms with Crippen LogP contribution in [-0.4, -0.2) is 15.9 Å². The molecule has 0 bridgehead atoms. The van der Waals surface area contributed by atoms with E-state index < -0.39 is 0 Å². The Morgan fingerprint density at radius 1 is 1.18 bits per heavy atom. The lowest BCUT2D eigenvalue weighted by Crippen LogP contribution is -2.20. The molecular weight excluding hydrogens is 462 g/mol. The van der Waals surface area contributed by atoms with Crippen molar-refractivity contribution in [2.24, 2.45) is 5.10 Å². The van der Waals surface area contributed by atoms with Crippen LogP contribution in [0.2, 0.25) is 5.02 Å². The topological polar surface area (TPSA) is 60.4 Å². The molecule has 2 aromatic heterocycles. The van der Waals surface area contributed by atoms with E-state index >= 15 is 0 Å². The molecule has 0 amide bonds. The largest absolute Gasteiger partial charge is 0.448 e. The van der Waals surface area contributed by atoms with Crippen LogP contribution in [0.25, 0.3) is 10.9 Å². The Kier molecular flexibility index (Phi) is 5.39. The van der Waals surface area contributed by atoms with Crippen molar-refractivity contribution in [2.75, 3.05) is 0 Å². The Morgan fingerprint density at radius 2 is 1.96 bits per heavy atom. The van der Waals surface area contributed by atoms with Gasteiger partial charge in [-0.3, -0.25) is 4.79 Å². The van der Waals surface area contributed by atoms with Crippen molar-refractivity contribution in [2.45, 2.75) is 16.9 Å². The van der Waals surface area contributed by atoms with Crippen LogP contribution in [0.1, 0.15) is 11.6 Å². The van der Waals surface area contributed by atoms with E-state index in [0.29, 0.717) is 32.6 Å². The molecule has 0 atom stereocenters. The molecule has 0 N–H and O–H groups in total. The van der Waals surface area contributed by atoms with E-state index in [9.17, 15) is 4.79 Å². The van der Waals surface area contributed by atoms with Gasteiger partial charge in [-0.1, -0.05) is 39.3 Å². The monoisotopic (exact) mass is 473 g/mol. The van der Waals surface area contributed by atoms with Gasteiger partial charge in [0.05, 0.1) is 17.1 Å². The highest BCUT2D eigenvalue weighted by Gasteiger charge is 2.08. The van der Waals surface area contributed by atoms with Gasteiger partial charge in [0.1, 0.15) is 11.6 Å². The minimum atomic E-state index is -0.234. The number of aromatic nitrogens is 2. The third kappa shape index (κ3) is 4.06. The number of fused-ring (bicyclic) bond motifs is 1. The van der Waals surface area contributed by atoms with E-state index in [4.69, 9.17) is 16.0 Å². The molecule has 0 aliphatic carbocycles. The number of rotatable bonds is 4. The minimum Gasteiger partial charge on any atom is -0.448 e. The number of aryl methyl sites for hydroxylation is 1. The van der Waals surface area contributed by atoms with Gasteiger partial charge in [-0.05, 0) is 61.5 Å². The summed E-state index contributed by atoms with van der Waals surface area (Å²) < 4.78 is 7.84. The Hall–Kier alpha value is -2.35. The van der Waals surface area contributed by atoms with Crippen molar-refractivity contribution >= 4 is 56.4 Å². The third-order valence-electron chi connectivity index (χ3n) is 3.90. The zero-order chi connectivity index (χ0) is 19.7. The SMILES string of the molecule is Cc1nc2ccc(Br)cc2c(=O)n1N=Cc1ccc(Sc2ccc(Cl)cc2)o1. The Morgan fingerprint density at radius 3 is 2.75 bits per heavy atom. The third-order valence-corrected chi connectivity index (χ3v) is 5.58. The predicted molar refractivity (Wildman–Crippen MR) is 116 cm³/mol. The highest BCUT2D eigenvalue weighted by Crippen LogP contribution is 2.29. The number of hydrogen-bond acceptors (Lipinski definition) is 5. The predicted octanol–water partition coefficient (Wildman–Crippen LogP) is 5.75. The number of benzene rings is 2. The Labute approximate surface area is 178 Å². The molecule has 28 heavy (non-hydrogen) atoms. The molecule has 0 unspecified atom stereocenters. The standard InChI is InChI=1S/C20H13BrClN3O2S/c1-12-24-18-8-2-13(21)10-17(18)20(26)25(12)23-11-15-5-9-19(27-15)28-16-6-3-14(22)4-7-16/h2-11H,1H3. The molecule has 0 saturated heterocycles. The number of hydrogen-bond donors (Lipinski definition) is 0. The summed E-state index contributed by atoms with van der Waals surface area (Å²) in [6.07, 6.45) is 1.51. The second-order valence-corrected chi connectivity index (χ2v) is 8.32. The van der Waals surface area contributed by atoms with Crippen molar-refractivity contribution in [3.8, 4) is 0 Å². The van der Waals surface area contributed by atoms with E-state index in [-0.39, 0.29) is 5.56 Å². The van der Waals surface area contributed by atoms with Crippen LogP contribution in [0.5, 0.6) is 0 Å². The Bertz CT molecular complexity index is 1250. The summed E-state index contributed by atoms with van der Waals surface area (Å²) in [6, 6.07) is 16.5. The molecule has 2 aromatic carbocycles. The first-order chi connectivity index (χ1) is 13.5. The van der Waals surface area contributed by atoms with Crippen LogP contribution in [0.15, 0.2) is 83.4 Å². The molecule has 0 fully saturated rings. The maximum absolute atomic E-state index is 12.7. The van der Waals surface area contributed by atoms with Crippen molar-refractivity contribution in [1.29, 1.82) is 0 Å². The zero-order valence-electron chi connectivity index (χ0n) is 14.6. The van der Waals surface area contributed by atoms with E-state index in [1.54, 1.807) is 25.1 Å². The Balaban J connectivity index is 1.60. The summed E-state index contributed by atoms with van der Waals surface area (Å²) in [5, 5.41) is 6.17. The first kappa shape index (κ1) is 19.0. The minimum absolute atomic E-state index is 0.234. The fourth-order valence-electron chi connectivity index (χ4n) is 2.59. The number of nitrogens with zero attached hydrogens (tertiary/aromatic N) is 3. The van der Waals surface area contributed by atoms with Crippen LogP contribution in [0, 0.1) is 6.92 Å². The average molecular weight is 475 g/mol. The lowest BCUT2D eigenvalue weighted by Gasteiger charge is -2.05.